The first kappa shape index (κ1) is 19.9. The Morgan fingerprint density at radius 3 is 2.50 bits per heavy atom. The lowest BCUT2D eigenvalue weighted by molar-refractivity contribution is 0.0937. The number of rotatable bonds is 9. The summed E-state index contributed by atoms with van der Waals surface area (Å²) in [5, 5.41) is 6.13. The highest BCUT2D eigenvalue weighted by molar-refractivity contribution is 5.94. The van der Waals surface area contributed by atoms with Crippen molar-refractivity contribution in [3.05, 3.63) is 59.3 Å². The first-order chi connectivity index (χ1) is 12.5. The SMILES string of the molecule is COCCNC(=O)c1ccc(NC[C@@H](c2ccc(C)cc2)N(C)C)nc1. The second-order valence-corrected chi connectivity index (χ2v) is 6.45. The van der Waals surface area contributed by atoms with Gasteiger partial charge in [0.05, 0.1) is 18.2 Å². The number of nitrogens with zero attached hydrogens (tertiary/aromatic N) is 2. The van der Waals surface area contributed by atoms with Crippen molar-refractivity contribution < 1.29 is 9.53 Å². The number of carbonyl (C=O) groups is 1. The summed E-state index contributed by atoms with van der Waals surface area (Å²) in [7, 11) is 5.73. The number of carbonyl (C=O) groups excluding carboxylic acids is 1. The Morgan fingerprint density at radius 1 is 1.19 bits per heavy atom. The van der Waals surface area contributed by atoms with Gasteiger partial charge in [-0.3, -0.25) is 4.79 Å². The number of aryl methyl sites for hydroxylation is 1. The van der Waals surface area contributed by atoms with Crippen LogP contribution in [0.1, 0.15) is 27.5 Å². The normalized spacial score (nSPS) is 12.0. The molecule has 0 saturated heterocycles. The Kier molecular flexibility index (Phi) is 7.56. The average Bonchev–Trinajstić information content (AvgIpc) is 2.63. The minimum atomic E-state index is -0.146. The van der Waals surface area contributed by atoms with Crippen molar-refractivity contribution in [3.63, 3.8) is 0 Å². The second kappa shape index (κ2) is 9.89. The van der Waals surface area contributed by atoms with Gasteiger partial charge in [0.25, 0.3) is 5.91 Å². The third-order valence-corrected chi connectivity index (χ3v) is 4.18. The predicted octanol–water partition coefficient (Wildman–Crippen LogP) is 2.48. The van der Waals surface area contributed by atoms with E-state index in [1.165, 1.54) is 11.1 Å². The molecule has 1 amide bonds. The molecule has 0 aliphatic rings. The molecule has 0 bridgehead atoms. The van der Waals surface area contributed by atoms with Gasteiger partial charge in [0.15, 0.2) is 0 Å². The minimum absolute atomic E-state index is 0.146. The van der Waals surface area contributed by atoms with Crippen molar-refractivity contribution in [2.45, 2.75) is 13.0 Å². The van der Waals surface area contributed by atoms with E-state index in [2.05, 4.69) is 65.8 Å². The topological polar surface area (TPSA) is 66.5 Å². The largest absolute Gasteiger partial charge is 0.383 e. The number of ether oxygens (including phenoxy) is 1. The van der Waals surface area contributed by atoms with E-state index in [-0.39, 0.29) is 11.9 Å². The summed E-state index contributed by atoms with van der Waals surface area (Å²) in [5.74, 6) is 0.601. The maximum atomic E-state index is 12.0. The highest BCUT2D eigenvalue weighted by Crippen LogP contribution is 2.19. The van der Waals surface area contributed by atoms with Crippen LogP contribution in [0.25, 0.3) is 0 Å². The number of pyridine rings is 1. The molecule has 6 heteroatoms. The molecular formula is C20H28N4O2. The fourth-order valence-corrected chi connectivity index (χ4v) is 2.59. The fourth-order valence-electron chi connectivity index (χ4n) is 2.59. The van der Waals surface area contributed by atoms with Gasteiger partial charge in [-0.2, -0.15) is 0 Å². The Hall–Kier alpha value is -2.44. The van der Waals surface area contributed by atoms with Crippen molar-refractivity contribution in [2.75, 3.05) is 46.2 Å². The van der Waals surface area contributed by atoms with Crippen LogP contribution in [0.5, 0.6) is 0 Å². The van der Waals surface area contributed by atoms with Gasteiger partial charge in [-0.25, -0.2) is 4.98 Å². The van der Waals surface area contributed by atoms with Crippen molar-refractivity contribution in [2.24, 2.45) is 0 Å². The summed E-state index contributed by atoms with van der Waals surface area (Å²) in [6.45, 7) is 3.78. The molecule has 0 fully saturated rings. The number of hydrogen-bond acceptors (Lipinski definition) is 5. The molecule has 0 unspecified atom stereocenters. The van der Waals surface area contributed by atoms with Gasteiger partial charge in [0, 0.05) is 26.4 Å². The van der Waals surface area contributed by atoms with E-state index in [0.717, 1.165) is 12.4 Å². The summed E-state index contributed by atoms with van der Waals surface area (Å²) in [6.07, 6.45) is 1.58. The molecule has 6 nitrogen and oxygen atoms in total. The number of amides is 1. The van der Waals surface area contributed by atoms with E-state index < -0.39 is 0 Å². The Bertz CT molecular complexity index is 684. The smallest absolute Gasteiger partial charge is 0.252 e. The molecule has 26 heavy (non-hydrogen) atoms. The Balaban J connectivity index is 1.95. The lowest BCUT2D eigenvalue weighted by Crippen LogP contribution is -2.28. The second-order valence-electron chi connectivity index (χ2n) is 6.45. The number of anilines is 1. The average molecular weight is 356 g/mol. The molecule has 0 aliphatic heterocycles. The van der Waals surface area contributed by atoms with Gasteiger partial charge in [0.1, 0.15) is 5.82 Å². The zero-order valence-corrected chi connectivity index (χ0v) is 16.0. The summed E-state index contributed by atoms with van der Waals surface area (Å²) in [4.78, 5) is 18.5. The van der Waals surface area contributed by atoms with Gasteiger partial charge in [-0.05, 0) is 38.7 Å². The number of hydrogen-bond donors (Lipinski definition) is 2. The molecule has 1 aromatic carbocycles. The summed E-state index contributed by atoms with van der Waals surface area (Å²) in [5.41, 5.74) is 3.04. The van der Waals surface area contributed by atoms with Gasteiger partial charge < -0.3 is 20.3 Å². The standard InChI is InChI=1S/C20H28N4O2/c1-15-5-7-16(8-6-15)18(24(2)3)14-23-19-10-9-17(13-22-19)20(25)21-11-12-26-4/h5-10,13,18H,11-12,14H2,1-4H3,(H,21,25)(H,22,23)/t18-/m0/s1. The molecule has 2 N–H and O–H groups in total. The van der Waals surface area contributed by atoms with Crippen molar-refractivity contribution in [3.8, 4) is 0 Å². The minimum Gasteiger partial charge on any atom is -0.383 e. The van der Waals surface area contributed by atoms with E-state index in [4.69, 9.17) is 4.74 Å². The molecule has 1 aromatic heterocycles. The van der Waals surface area contributed by atoms with Crippen LogP contribution in [0.2, 0.25) is 0 Å². The third-order valence-electron chi connectivity index (χ3n) is 4.18. The van der Waals surface area contributed by atoms with Crippen LogP contribution in [0.4, 0.5) is 5.82 Å². The number of likely N-dealkylation sites (N-methyl/N-ethyl adjacent to an activating group) is 1. The van der Waals surface area contributed by atoms with Crippen LogP contribution in [-0.4, -0.2) is 56.7 Å². The van der Waals surface area contributed by atoms with Crippen LogP contribution in [0, 0.1) is 6.92 Å². The number of methoxy groups -OCH3 is 1. The predicted molar refractivity (Wildman–Crippen MR) is 105 cm³/mol. The van der Waals surface area contributed by atoms with Crippen molar-refractivity contribution >= 4 is 11.7 Å². The highest BCUT2D eigenvalue weighted by atomic mass is 16.5. The van der Waals surface area contributed by atoms with E-state index in [1.54, 1.807) is 19.4 Å². The van der Waals surface area contributed by atoms with E-state index in [0.29, 0.717) is 18.7 Å². The van der Waals surface area contributed by atoms with Crippen LogP contribution >= 0.6 is 0 Å². The molecule has 0 aliphatic carbocycles. The molecule has 1 atom stereocenters. The van der Waals surface area contributed by atoms with E-state index in [1.807, 2.05) is 6.07 Å². The van der Waals surface area contributed by atoms with Gasteiger partial charge in [-0.15, -0.1) is 0 Å². The van der Waals surface area contributed by atoms with Crippen LogP contribution in [0.3, 0.4) is 0 Å². The quantitative estimate of drug-likeness (QED) is 0.676. The fraction of sp³-hybridized carbons (Fsp3) is 0.400. The molecule has 2 rings (SSSR count). The van der Waals surface area contributed by atoms with Gasteiger partial charge >= 0.3 is 0 Å². The van der Waals surface area contributed by atoms with Crippen molar-refractivity contribution in [1.82, 2.24) is 15.2 Å². The maximum Gasteiger partial charge on any atom is 0.252 e. The van der Waals surface area contributed by atoms with Gasteiger partial charge in [-0.1, -0.05) is 29.8 Å². The molecule has 140 valence electrons. The zero-order chi connectivity index (χ0) is 18.9. The number of nitrogens with one attached hydrogen (secondary N) is 2. The van der Waals surface area contributed by atoms with E-state index in [9.17, 15) is 4.79 Å². The first-order valence-corrected chi connectivity index (χ1v) is 8.71. The van der Waals surface area contributed by atoms with E-state index >= 15 is 0 Å². The molecule has 0 spiro atoms. The Labute approximate surface area is 155 Å². The molecular weight excluding hydrogens is 328 g/mol. The van der Waals surface area contributed by atoms with Crippen LogP contribution in [-0.2, 0) is 4.74 Å². The molecule has 0 radical (unpaired) electrons. The number of aromatic nitrogens is 1. The molecule has 2 aromatic rings. The monoisotopic (exact) mass is 356 g/mol. The lowest BCUT2D eigenvalue weighted by atomic mass is 10.0. The molecule has 0 saturated carbocycles. The zero-order valence-electron chi connectivity index (χ0n) is 16.0. The van der Waals surface area contributed by atoms with Crippen molar-refractivity contribution in [1.29, 1.82) is 0 Å². The maximum absolute atomic E-state index is 12.0. The Morgan fingerprint density at radius 2 is 1.92 bits per heavy atom. The highest BCUT2D eigenvalue weighted by Gasteiger charge is 2.14. The van der Waals surface area contributed by atoms with Crippen LogP contribution < -0.4 is 10.6 Å². The summed E-state index contributed by atoms with van der Waals surface area (Å²) >= 11 is 0. The third kappa shape index (κ3) is 5.82. The molecule has 1 heterocycles. The lowest BCUT2D eigenvalue weighted by Gasteiger charge is -2.25. The van der Waals surface area contributed by atoms with Gasteiger partial charge in [0.2, 0.25) is 0 Å². The summed E-state index contributed by atoms with van der Waals surface area (Å²) < 4.78 is 4.92. The van der Waals surface area contributed by atoms with Crippen LogP contribution in [0.15, 0.2) is 42.6 Å². The number of benzene rings is 1. The first-order valence-electron chi connectivity index (χ1n) is 8.71. The summed E-state index contributed by atoms with van der Waals surface area (Å²) in [6, 6.07) is 12.4.